The molecule has 9 heteroatoms. The highest BCUT2D eigenvalue weighted by Crippen LogP contribution is 2.43. The number of hydrogen-bond donors (Lipinski definition) is 2. The molecule has 0 bridgehead atoms. The van der Waals surface area contributed by atoms with Crippen LogP contribution in [0.15, 0.2) is 17.1 Å². The van der Waals surface area contributed by atoms with E-state index in [-0.39, 0.29) is 46.8 Å². The van der Waals surface area contributed by atoms with Gasteiger partial charge >= 0.3 is 5.97 Å². The lowest BCUT2D eigenvalue weighted by atomic mass is 10.1. The molecule has 4 rings (SSSR count). The fraction of sp³-hybridized carbons (Fsp3) is 0.474. The largest absolute Gasteiger partial charge is 0.492 e. The highest BCUT2D eigenvalue weighted by molar-refractivity contribution is 5.97. The van der Waals surface area contributed by atoms with Crippen molar-refractivity contribution in [1.29, 1.82) is 0 Å². The quantitative estimate of drug-likeness (QED) is 0.799. The van der Waals surface area contributed by atoms with Crippen molar-refractivity contribution in [3.8, 4) is 5.75 Å². The molecular formula is C19H23ClFN3O4. The van der Waals surface area contributed by atoms with Crippen molar-refractivity contribution in [3.05, 3.63) is 33.9 Å². The van der Waals surface area contributed by atoms with Gasteiger partial charge in [0.15, 0.2) is 11.6 Å². The summed E-state index contributed by atoms with van der Waals surface area (Å²) in [4.78, 5) is 26.1. The maximum absolute atomic E-state index is 15.3. The second kappa shape index (κ2) is 7.60. The Labute approximate surface area is 171 Å². The number of nitrogens with zero attached hydrogens (tertiary/aromatic N) is 2. The number of benzene rings is 1. The van der Waals surface area contributed by atoms with Gasteiger partial charge in [0.25, 0.3) is 0 Å². The van der Waals surface area contributed by atoms with Crippen LogP contribution in [0.2, 0.25) is 0 Å². The van der Waals surface area contributed by atoms with Crippen LogP contribution in [0.1, 0.15) is 40.3 Å². The Morgan fingerprint density at radius 3 is 2.82 bits per heavy atom. The number of fused-ring (bicyclic) bond motifs is 1. The second-order valence-corrected chi connectivity index (χ2v) is 7.15. The van der Waals surface area contributed by atoms with Crippen molar-refractivity contribution < 1.29 is 23.1 Å². The number of carbonyl (C=O) groups is 1. The number of ether oxygens (including phenoxy) is 1. The van der Waals surface area contributed by atoms with Crippen LogP contribution in [0.25, 0.3) is 10.9 Å². The Balaban J connectivity index is 0.00000272. The number of rotatable bonds is 4. The summed E-state index contributed by atoms with van der Waals surface area (Å²) in [6, 6.07) is 0.928. The minimum absolute atomic E-state index is 0. The molecule has 1 atom stereocenters. The fourth-order valence-corrected chi connectivity index (χ4v) is 3.76. The number of carboxylic acids is 1. The van der Waals surface area contributed by atoms with Crippen molar-refractivity contribution in [2.75, 3.05) is 31.6 Å². The summed E-state index contributed by atoms with van der Waals surface area (Å²) in [6.45, 7) is 3.33. The summed E-state index contributed by atoms with van der Waals surface area (Å²) >= 11 is 0. The van der Waals surface area contributed by atoms with Crippen molar-refractivity contribution in [2.45, 2.75) is 31.8 Å². The van der Waals surface area contributed by atoms with E-state index in [1.807, 2.05) is 6.92 Å². The van der Waals surface area contributed by atoms with Crippen LogP contribution < -0.4 is 20.4 Å². The van der Waals surface area contributed by atoms with Gasteiger partial charge in [-0.05, 0) is 25.8 Å². The molecule has 0 amide bonds. The van der Waals surface area contributed by atoms with Gasteiger partial charge in [0.1, 0.15) is 11.3 Å². The van der Waals surface area contributed by atoms with E-state index in [0.717, 1.165) is 18.9 Å². The van der Waals surface area contributed by atoms with Gasteiger partial charge in [0.2, 0.25) is 5.43 Å². The van der Waals surface area contributed by atoms with Gasteiger partial charge < -0.3 is 24.6 Å². The van der Waals surface area contributed by atoms with Gasteiger partial charge in [-0.2, -0.15) is 0 Å². The Morgan fingerprint density at radius 2 is 2.21 bits per heavy atom. The van der Waals surface area contributed by atoms with Gasteiger partial charge in [0.05, 0.1) is 22.1 Å². The van der Waals surface area contributed by atoms with Gasteiger partial charge in [-0.3, -0.25) is 4.79 Å². The molecule has 1 aliphatic heterocycles. The highest BCUT2D eigenvalue weighted by atomic mass is 35.5. The number of methoxy groups -OCH3 is 1. The van der Waals surface area contributed by atoms with Crippen LogP contribution in [0.3, 0.4) is 0 Å². The molecule has 1 aliphatic carbocycles. The first-order chi connectivity index (χ1) is 14.1. The lowest BCUT2D eigenvalue weighted by Crippen LogP contribution is -2.49. The molecule has 1 aromatic carbocycles. The Morgan fingerprint density at radius 1 is 1.46 bits per heavy atom. The van der Waals surface area contributed by atoms with E-state index in [2.05, 4.69) is 5.32 Å². The number of piperazine rings is 1. The summed E-state index contributed by atoms with van der Waals surface area (Å²) < 4.78 is 44.9. The third kappa shape index (κ3) is 3.31. The summed E-state index contributed by atoms with van der Waals surface area (Å²) in [5, 5.41) is 12.5. The second-order valence-electron chi connectivity index (χ2n) is 7.15. The standard InChI is InChI=1S/C19H22FN3O4.ClH/c1-10-8-22(6-5-21-10)16-14(20)7-12-15(18(16)27-2)23(11-3-4-11)9-13(17(12)24)19(25)26;/h7,9-11,21H,3-6,8H2,1-2H3,(H,25,26);1H/i2D3;. The third-order valence-electron chi connectivity index (χ3n) is 5.16. The monoisotopic (exact) mass is 414 g/mol. The molecule has 1 saturated carbocycles. The van der Waals surface area contributed by atoms with Crippen LogP contribution in [0.5, 0.6) is 5.75 Å². The average molecular weight is 415 g/mol. The van der Waals surface area contributed by atoms with Gasteiger partial charge in [-0.25, -0.2) is 9.18 Å². The number of anilines is 1. The normalized spacial score (nSPS) is 21.4. The molecule has 152 valence electrons. The molecule has 1 saturated heterocycles. The molecule has 2 N–H and O–H groups in total. The zero-order valence-corrected chi connectivity index (χ0v) is 16.0. The topological polar surface area (TPSA) is 83.8 Å². The number of nitrogens with one attached hydrogen (secondary N) is 1. The smallest absolute Gasteiger partial charge is 0.341 e. The van der Waals surface area contributed by atoms with Crippen molar-refractivity contribution in [3.63, 3.8) is 0 Å². The first-order valence-electron chi connectivity index (χ1n) is 10.4. The number of halogens is 2. The Kier molecular flexibility index (Phi) is 4.51. The van der Waals surface area contributed by atoms with Crippen LogP contribution in [-0.2, 0) is 0 Å². The van der Waals surface area contributed by atoms with Gasteiger partial charge in [0, 0.05) is 37.9 Å². The van der Waals surface area contributed by atoms with Crippen molar-refractivity contribution in [1.82, 2.24) is 9.88 Å². The number of aromatic nitrogens is 1. The minimum atomic E-state index is -2.88. The summed E-state index contributed by atoms with van der Waals surface area (Å²) in [7, 11) is -2.88. The summed E-state index contributed by atoms with van der Waals surface area (Å²) in [5.74, 6) is -2.49. The molecule has 2 heterocycles. The van der Waals surface area contributed by atoms with E-state index < -0.39 is 29.8 Å². The zero-order valence-electron chi connectivity index (χ0n) is 18.2. The maximum atomic E-state index is 15.3. The Hall–Kier alpha value is -2.32. The zero-order chi connectivity index (χ0) is 21.8. The average Bonchev–Trinajstić information content (AvgIpc) is 3.46. The number of pyridine rings is 1. The molecule has 0 spiro atoms. The molecule has 28 heavy (non-hydrogen) atoms. The van der Waals surface area contributed by atoms with Gasteiger partial charge in [-0.15, -0.1) is 12.4 Å². The predicted octanol–water partition coefficient (Wildman–Crippen LogP) is 2.40. The molecule has 7 nitrogen and oxygen atoms in total. The van der Waals surface area contributed by atoms with E-state index in [0.29, 0.717) is 19.6 Å². The summed E-state index contributed by atoms with van der Waals surface area (Å²) in [5.41, 5.74) is -1.27. The van der Waals surface area contributed by atoms with Crippen LogP contribution in [-0.4, -0.2) is 48.4 Å². The molecule has 1 aromatic heterocycles. The van der Waals surface area contributed by atoms with Crippen LogP contribution in [0, 0.1) is 5.82 Å². The van der Waals surface area contributed by atoms with Crippen LogP contribution >= 0.6 is 12.4 Å². The van der Waals surface area contributed by atoms with E-state index in [1.54, 1.807) is 9.47 Å². The first kappa shape index (κ1) is 16.6. The molecule has 2 aromatic rings. The molecule has 1 unspecified atom stereocenters. The molecular weight excluding hydrogens is 389 g/mol. The van der Waals surface area contributed by atoms with E-state index >= 15 is 4.39 Å². The number of aromatic carboxylic acids is 1. The van der Waals surface area contributed by atoms with E-state index in [9.17, 15) is 14.7 Å². The first-order valence-corrected chi connectivity index (χ1v) is 8.89. The highest BCUT2D eigenvalue weighted by Gasteiger charge is 2.32. The van der Waals surface area contributed by atoms with E-state index in [1.165, 1.54) is 6.20 Å². The van der Waals surface area contributed by atoms with Crippen molar-refractivity contribution >= 4 is 35.0 Å². The summed E-state index contributed by atoms with van der Waals surface area (Å²) in [6.07, 6.45) is 2.68. The van der Waals surface area contributed by atoms with Crippen molar-refractivity contribution in [2.24, 2.45) is 0 Å². The lowest BCUT2D eigenvalue weighted by Gasteiger charge is -2.35. The van der Waals surface area contributed by atoms with E-state index in [4.69, 9.17) is 8.85 Å². The number of carboxylic acid groups (broad SMARTS) is 1. The molecule has 2 aliphatic rings. The SMILES string of the molecule is Cl.[2H]C([2H])([2H])Oc1c(N2CCNC(C)C2)c(F)cc2c(=O)c(C(=O)O)cn(C3CC3)c12. The fourth-order valence-electron chi connectivity index (χ4n) is 3.76. The lowest BCUT2D eigenvalue weighted by molar-refractivity contribution is 0.0695. The number of hydrogen-bond acceptors (Lipinski definition) is 5. The van der Waals surface area contributed by atoms with Crippen LogP contribution in [0.4, 0.5) is 10.1 Å². The maximum Gasteiger partial charge on any atom is 0.341 e. The Bertz CT molecular complexity index is 1090. The molecule has 0 radical (unpaired) electrons. The molecule has 2 fully saturated rings. The minimum Gasteiger partial charge on any atom is -0.492 e. The predicted molar refractivity (Wildman–Crippen MR) is 107 cm³/mol. The van der Waals surface area contributed by atoms with Gasteiger partial charge in [-0.1, -0.05) is 0 Å². The third-order valence-corrected chi connectivity index (χ3v) is 5.16.